The lowest BCUT2D eigenvalue weighted by molar-refractivity contribution is 0.417. The van der Waals surface area contributed by atoms with Gasteiger partial charge in [0.2, 0.25) is 0 Å². The van der Waals surface area contributed by atoms with Gasteiger partial charge in [-0.25, -0.2) is 4.98 Å². The lowest BCUT2D eigenvalue weighted by atomic mass is 10.2. The van der Waals surface area contributed by atoms with Crippen molar-refractivity contribution < 1.29 is 9.50 Å². The maximum Gasteiger partial charge on any atom is 0.256 e. The first-order valence-corrected chi connectivity index (χ1v) is 2.56. The number of hydrogen-bond acceptors (Lipinski definition) is 2. The highest BCUT2D eigenvalue weighted by Gasteiger charge is 2.03. The summed E-state index contributed by atoms with van der Waals surface area (Å²) in [6, 6.07) is 1.36. The molecule has 1 rings (SSSR count). The van der Waals surface area contributed by atoms with Crippen molar-refractivity contribution in [2.75, 3.05) is 0 Å². The zero-order chi connectivity index (χ0) is 7.56. The molecule has 0 bridgehead atoms. The number of terminal acetylenes is 1. The number of hydrogen-bond donors (Lipinski definition) is 1. The Hall–Kier alpha value is -1.56. The van der Waals surface area contributed by atoms with Gasteiger partial charge in [0, 0.05) is 6.20 Å². The summed E-state index contributed by atoms with van der Waals surface area (Å²) in [6.07, 6.45) is 6.11. The van der Waals surface area contributed by atoms with Gasteiger partial charge in [-0.3, -0.25) is 0 Å². The molecule has 2 nitrogen and oxygen atoms in total. The zero-order valence-electron chi connectivity index (χ0n) is 5.00. The van der Waals surface area contributed by atoms with E-state index in [0.29, 0.717) is 0 Å². The summed E-state index contributed by atoms with van der Waals surface area (Å²) in [6.45, 7) is 0. The van der Waals surface area contributed by atoms with Crippen LogP contribution in [-0.4, -0.2) is 10.1 Å². The molecule has 1 N–H and O–H groups in total. The van der Waals surface area contributed by atoms with Crippen molar-refractivity contribution >= 4 is 0 Å². The average Bonchev–Trinajstić information content (AvgIpc) is 1.95. The van der Waals surface area contributed by atoms with E-state index in [1.54, 1.807) is 0 Å². The van der Waals surface area contributed by atoms with Gasteiger partial charge in [0.05, 0.1) is 5.56 Å². The van der Waals surface area contributed by atoms with Crippen LogP contribution in [0.4, 0.5) is 4.39 Å². The van der Waals surface area contributed by atoms with Crippen molar-refractivity contribution in [3.63, 3.8) is 0 Å². The molecule has 3 heteroatoms. The Morgan fingerprint density at radius 2 is 2.40 bits per heavy atom. The SMILES string of the molecule is C#Cc1ccnc(F)c1O. The quantitative estimate of drug-likeness (QED) is 0.426. The van der Waals surface area contributed by atoms with Gasteiger partial charge < -0.3 is 5.11 Å². The standard InChI is InChI=1S/C7H4FNO/c1-2-5-3-4-9-7(8)6(5)10/h1,3-4,10H. The Kier molecular flexibility index (Phi) is 1.55. The van der Waals surface area contributed by atoms with E-state index in [1.165, 1.54) is 12.3 Å². The van der Waals surface area contributed by atoms with Crippen LogP contribution >= 0.6 is 0 Å². The summed E-state index contributed by atoms with van der Waals surface area (Å²) in [5, 5.41) is 8.82. The van der Waals surface area contributed by atoms with Crippen LogP contribution in [0.1, 0.15) is 5.56 Å². The maximum atomic E-state index is 12.3. The summed E-state index contributed by atoms with van der Waals surface area (Å²) < 4.78 is 12.3. The van der Waals surface area contributed by atoms with E-state index in [1.807, 2.05) is 0 Å². The first-order chi connectivity index (χ1) is 4.75. The van der Waals surface area contributed by atoms with Gasteiger partial charge in [-0.05, 0) is 6.07 Å². The van der Waals surface area contributed by atoms with E-state index in [0.717, 1.165) is 0 Å². The van der Waals surface area contributed by atoms with E-state index in [2.05, 4.69) is 10.9 Å². The zero-order valence-corrected chi connectivity index (χ0v) is 5.00. The van der Waals surface area contributed by atoms with E-state index < -0.39 is 11.7 Å². The molecule has 1 heterocycles. The normalized spacial score (nSPS) is 8.80. The number of halogens is 1. The monoisotopic (exact) mass is 137 g/mol. The van der Waals surface area contributed by atoms with E-state index in [4.69, 9.17) is 11.5 Å². The van der Waals surface area contributed by atoms with Gasteiger partial charge in [0.25, 0.3) is 5.95 Å². The maximum absolute atomic E-state index is 12.3. The van der Waals surface area contributed by atoms with E-state index >= 15 is 0 Å². The lowest BCUT2D eigenvalue weighted by Crippen LogP contribution is -1.85. The third-order valence-corrected chi connectivity index (χ3v) is 1.04. The molecule has 50 valence electrons. The number of pyridine rings is 1. The average molecular weight is 137 g/mol. The fourth-order valence-electron chi connectivity index (χ4n) is 0.545. The van der Waals surface area contributed by atoms with Crippen molar-refractivity contribution in [3.8, 4) is 18.1 Å². The van der Waals surface area contributed by atoms with Gasteiger partial charge >= 0.3 is 0 Å². The number of nitrogens with zero attached hydrogens (tertiary/aromatic N) is 1. The van der Waals surface area contributed by atoms with Gasteiger partial charge in [0.15, 0.2) is 5.75 Å². The molecule has 1 aromatic heterocycles. The molecule has 1 aromatic rings. The molecular weight excluding hydrogens is 133 g/mol. The van der Waals surface area contributed by atoms with Crippen LogP contribution in [0.3, 0.4) is 0 Å². The first kappa shape index (κ1) is 6.56. The topological polar surface area (TPSA) is 33.1 Å². The molecule has 0 aliphatic rings. The van der Waals surface area contributed by atoms with Crippen molar-refractivity contribution in [3.05, 3.63) is 23.8 Å². The van der Waals surface area contributed by atoms with Crippen LogP contribution in [0.2, 0.25) is 0 Å². The minimum Gasteiger partial charge on any atom is -0.503 e. The molecule has 0 atom stereocenters. The number of aromatic nitrogens is 1. The Morgan fingerprint density at radius 1 is 1.70 bits per heavy atom. The van der Waals surface area contributed by atoms with E-state index in [9.17, 15) is 4.39 Å². The predicted octanol–water partition coefficient (Wildman–Crippen LogP) is 0.908. The smallest absolute Gasteiger partial charge is 0.256 e. The molecule has 10 heavy (non-hydrogen) atoms. The van der Waals surface area contributed by atoms with Crippen molar-refractivity contribution in [1.29, 1.82) is 0 Å². The van der Waals surface area contributed by atoms with Crippen molar-refractivity contribution in [2.45, 2.75) is 0 Å². The fourth-order valence-corrected chi connectivity index (χ4v) is 0.545. The third-order valence-electron chi connectivity index (χ3n) is 1.04. The molecule has 0 amide bonds. The molecule has 0 radical (unpaired) electrons. The third kappa shape index (κ3) is 0.914. The lowest BCUT2D eigenvalue weighted by Gasteiger charge is -1.94. The molecule has 0 saturated heterocycles. The number of aromatic hydroxyl groups is 1. The van der Waals surface area contributed by atoms with Crippen LogP contribution in [0.5, 0.6) is 5.75 Å². The van der Waals surface area contributed by atoms with Crippen molar-refractivity contribution in [1.82, 2.24) is 4.98 Å². The van der Waals surface area contributed by atoms with Gasteiger partial charge in [0.1, 0.15) is 0 Å². The Morgan fingerprint density at radius 3 is 2.90 bits per heavy atom. The highest BCUT2D eigenvalue weighted by molar-refractivity contribution is 5.42. The second-order valence-electron chi connectivity index (χ2n) is 1.64. The fraction of sp³-hybridized carbons (Fsp3) is 0. The second kappa shape index (κ2) is 2.36. The summed E-state index contributed by atoms with van der Waals surface area (Å²) in [4.78, 5) is 3.18. The second-order valence-corrected chi connectivity index (χ2v) is 1.64. The summed E-state index contributed by atoms with van der Waals surface area (Å²) in [5.74, 6) is 0.606. The molecule has 0 saturated carbocycles. The summed E-state index contributed by atoms with van der Waals surface area (Å²) >= 11 is 0. The predicted molar refractivity (Wildman–Crippen MR) is 33.8 cm³/mol. The van der Waals surface area contributed by atoms with Crippen LogP contribution < -0.4 is 0 Å². The van der Waals surface area contributed by atoms with Gasteiger partial charge in [-0.15, -0.1) is 6.42 Å². The highest BCUT2D eigenvalue weighted by atomic mass is 19.1. The van der Waals surface area contributed by atoms with Crippen LogP contribution in [0.15, 0.2) is 12.3 Å². The van der Waals surface area contributed by atoms with E-state index in [-0.39, 0.29) is 5.56 Å². The number of rotatable bonds is 0. The van der Waals surface area contributed by atoms with Crippen LogP contribution in [-0.2, 0) is 0 Å². The molecular formula is C7H4FNO. The minimum atomic E-state index is -0.935. The first-order valence-electron chi connectivity index (χ1n) is 2.56. The minimum absolute atomic E-state index is 0.118. The largest absolute Gasteiger partial charge is 0.503 e. The Bertz CT molecular complexity index is 290. The summed E-state index contributed by atoms with van der Waals surface area (Å²) in [7, 11) is 0. The highest BCUT2D eigenvalue weighted by Crippen LogP contribution is 2.16. The van der Waals surface area contributed by atoms with Crippen LogP contribution in [0, 0.1) is 18.3 Å². The summed E-state index contributed by atoms with van der Waals surface area (Å²) in [5.41, 5.74) is 0.118. The van der Waals surface area contributed by atoms with Gasteiger partial charge in [-0.2, -0.15) is 4.39 Å². The van der Waals surface area contributed by atoms with Crippen molar-refractivity contribution in [2.24, 2.45) is 0 Å². The molecule has 0 spiro atoms. The Balaban J connectivity index is 3.31. The van der Waals surface area contributed by atoms with Crippen LogP contribution in [0.25, 0.3) is 0 Å². The molecule has 0 unspecified atom stereocenters. The Labute approximate surface area is 57.3 Å². The van der Waals surface area contributed by atoms with Gasteiger partial charge in [-0.1, -0.05) is 5.92 Å². The molecule has 0 aromatic carbocycles. The molecule has 0 fully saturated rings. The molecule has 0 aliphatic carbocycles. The molecule has 0 aliphatic heterocycles.